The lowest BCUT2D eigenvalue weighted by atomic mass is 9.96. The van der Waals surface area contributed by atoms with Crippen LogP contribution in [0.2, 0.25) is 0 Å². The molecule has 50 heavy (non-hydrogen) atoms. The van der Waals surface area contributed by atoms with Gasteiger partial charge >= 0.3 is 0 Å². The van der Waals surface area contributed by atoms with E-state index in [2.05, 4.69) is 6.58 Å². The van der Waals surface area contributed by atoms with Gasteiger partial charge in [0.15, 0.2) is 0 Å². The summed E-state index contributed by atoms with van der Waals surface area (Å²) in [5.74, 6) is -1.74. The number of thiophene rings is 1. The van der Waals surface area contributed by atoms with E-state index in [1.807, 2.05) is 65.3 Å². The highest BCUT2D eigenvalue weighted by atomic mass is 32.1. The smallest absolute Gasteiger partial charge is 0.246 e. The molecule has 2 aromatic carbocycles. The Morgan fingerprint density at radius 1 is 1.06 bits per heavy atom. The number of carbonyl (C=O) groups excluding carboxylic acids is 2. The molecule has 0 N–H and O–H groups in total. The number of anilines is 1. The van der Waals surface area contributed by atoms with Crippen molar-refractivity contribution in [2.45, 2.75) is 19.5 Å². The van der Waals surface area contributed by atoms with Gasteiger partial charge in [0.05, 0.1) is 42.7 Å². The van der Waals surface area contributed by atoms with E-state index in [9.17, 15) is 14.0 Å². The molecule has 0 radical (unpaired) electrons. The fraction of sp³-hybridized carbons (Fsp3) is 0.297. The third kappa shape index (κ3) is 6.05. The fourth-order valence-corrected chi connectivity index (χ4v) is 7.67. The predicted molar refractivity (Wildman–Crippen MR) is 189 cm³/mol. The topological polar surface area (TPSA) is 93.0 Å². The van der Waals surface area contributed by atoms with Crippen molar-refractivity contribution in [3.63, 3.8) is 0 Å². The minimum atomic E-state index is -0.807. The molecular formula is C37H36F2N6O4S. The van der Waals surface area contributed by atoms with Crippen LogP contribution in [0.1, 0.15) is 18.7 Å². The van der Waals surface area contributed by atoms with Crippen molar-refractivity contribution in [1.82, 2.24) is 24.6 Å². The minimum absolute atomic E-state index is 0.00931. The highest BCUT2D eigenvalue weighted by Gasteiger charge is 2.32. The van der Waals surface area contributed by atoms with Crippen molar-refractivity contribution in [2.24, 2.45) is 0 Å². The van der Waals surface area contributed by atoms with Crippen LogP contribution in [0, 0.1) is 11.6 Å². The Bertz CT molecular complexity index is 2130. The number of pyridine rings is 1. The molecule has 2 aliphatic heterocycles. The number of rotatable bonds is 9. The van der Waals surface area contributed by atoms with Gasteiger partial charge in [0.1, 0.15) is 35.4 Å². The molecule has 0 spiro atoms. The standard InChI is InChI=1S/C37H36F2N6O4S/c1-5-31(46)43-12-13-45-29(22(43)2)20-28(41-45)36-34(33-27(39)18-24(38)19-30(33)49-15-14-48-4)37-26(9-16-50-37)35(40-36)23-7-6-8-25(17-23)44-11-10-42(3)21-32(44)47/h5-9,16-20,22H,1,10-15,21H2,2-4H3/t22-/m1/s1. The Balaban J connectivity index is 1.46. The first-order valence-corrected chi connectivity index (χ1v) is 17.2. The molecular weight excluding hydrogens is 663 g/mol. The molecule has 7 rings (SSSR count). The second-order valence-corrected chi connectivity index (χ2v) is 13.3. The van der Waals surface area contributed by atoms with Crippen LogP contribution in [0.3, 0.4) is 0 Å². The van der Waals surface area contributed by atoms with Crippen LogP contribution >= 0.6 is 11.3 Å². The maximum absolute atomic E-state index is 16.2. The third-order valence-corrected chi connectivity index (χ3v) is 10.2. The van der Waals surface area contributed by atoms with Crippen LogP contribution in [-0.4, -0.2) is 89.9 Å². The summed E-state index contributed by atoms with van der Waals surface area (Å²) in [7, 11) is 3.44. The van der Waals surface area contributed by atoms with Crippen molar-refractivity contribution in [3.8, 4) is 39.5 Å². The van der Waals surface area contributed by atoms with Gasteiger partial charge in [0, 0.05) is 65.8 Å². The number of hydrogen-bond donors (Lipinski definition) is 0. The number of fused-ring (bicyclic) bond motifs is 2. The fourth-order valence-electron chi connectivity index (χ4n) is 6.72. The van der Waals surface area contributed by atoms with E-state index in [1.54, 1.807) is 9.80 Å². The van der Waals surface area contributed by atoms with E-state index in [0.29, 0.717) is 53.5 Å². The summed E-state index contributed by atoms with van der Waals surface area (Å²) in [6.45, 7) is 8.38. The summed E-state index contributed by atoms with van der Waals surface area (Å²) < 4.78 is 44.5. The summed E-state index contributed by atoms with van der Waals surface area (Å²) >= 11 is 1.40. The van der Waals surface area contributed by atoms with E-state index < -0.39 is 11.6 Å². The van der Waals surface area contributed by atoms with Crippen LogP contribution in [0.15, 0.2) is 66.6 Å². The van der Waals surface area contributed by atoms with E-state index in [1.165, 1.54) is 30.6 Å². The van der Waals surface area contributed by atoms with Crippen LogP contribution in [0.4, 0.5) is 14.5 Å². The Kier molecular flexibility index (Phi) is 9.21. The first-order chi connectivity index (χ1) is 24.2. The third-order valence-electron chi connectivity index (χ3n) is 9.22. The Morgan fingerprint density at radius 3 is 2.68 bits per heavy atom. The lowest BCUT2D eigenvalue weighted by molar-refractivity contribution is -0.129. The number of methoxy groups -OCH3 is 1. The predicted octanol–water partition coefficient (Wildman–Crippen LogP) is 6.16. The van der Waals surface area contributed by atoms with Gasteiger partial charge in [-0.3, -0.25) is 19.2 Å². The molecule has 2 amide bonds. The summed E-state index contributed by atoms with van der Waals surface area (Å²) in [4.78, 5) is 36.4. The Labute approximate surface area is 292 Å². The molecule has 1 fully saturated rings. The Hall–Kier alpha value is -4.98. The van der Waals surface area contributed by atoms with Crippen molar-refractivity contribution < 1.29 is 27.8 Å². The number of halogens is 2. The van der Waals surface area contributed by atoms with Crippen molar-refractivity contribution in [2.75, 3.05) is 58.5 Å². The number of ether oxygens (including phenoxy) is 2. The van der Waals surface area contributed by atoms with E-state index >= 15 is 4.39 Å². The van der Waals surface area contributed by atoms with Gasteiger partial charge in [0.2, 0.25) is 11.8 Å². The first kappa shape index (κ1) is 33.5. The molecule has 258 valence electrons. The number of aromatic nitrogens is 3. The van der Waals surface area contributed by atoms with Gasteiger partial charge in [0.25, 0.3) is 0 Å². The zero-order valence-corrected chi connectivity index (χ0v) is 28.8. The molecule has 1 atom stereocenters. The quantitative estimate of drug-likeness (QED) is 0.134. The number of hydrogen-bond acceptors (Lipinski definition) is 8. The van der Waals surface area contributed by atoms with Gasteiger partial charge in [-0.05, 0) is 49.7 Å². The van der Waals surface area contributed by atoms with E-state index in [0.717, 1.165) is 34.9 Å². The average Bonchev–Trinajstić information content (AvgIpc) is 3.76. The SMILES string of the molecule is C=CC(=O)N1CCn2nc(-c3nc(-c4cccc(N5CCN(C)CC5=O)c4)c4ccsc4c3-c3c(F)cc(F)cc3OCCOC)cc2[C@H]1C. The lowest BCUT2D eigenvalue weighted by Gasteiger charge is -2.33. The number of piperazine rings is 1. The van der Waals surface area contributed by atoms with E-state index in [-0.39, 0.29) is 42.4 Å². The monoisotopic (exact) mass is 698 g/mol. The van der Waals surface area contributed by atoms with Gasteiger partial charge in [-0.15, -0.1) is 11.3 Å². The van der Waals surface area contributed by atoms with Crippen LogP contribution in [-0.2, 0) is 20.9 Å². The van der Waals surface area contributed by atoms with Crippen LogP contribution in [0.25, 0.3) is 43.9 Å². The van der Waals surface area contributed by atoms with E-state index in [4.69, 9.17) is 19.6 Å². The molecule has 3 aromatic heterocycles. The van der Waals surface area contributed by atoms with Gasteiger partial charge in [-0.2, -0.15) is 5.10 Å². The zero-order valence-electron chi connectivity index (χ0n) is 28.0. The highest BCUT2D eigenvalue weighted by Crippen LogP contribution is 2.47. The number of likely N-dealkylation sites (N-methyl/N-ethyl adjacent to an activating group) is 1. The Morgan fingerprint density at radius 2 is 1.90 bits per heavy atom. The van der Waals surface area contributed by atoms with Crippen molar-refractivity contribution >= 4 is 38.9 Å². The summed E-state index contributed by atoms with van der Waals surface area (Å²) in [6, 6.07) is 13.2. The second-order valence-electron chi connectivity index (χ2n) is 12.4. The summed E-state index contributed by atoms with van der Waals surface area (Å²) in [6.07, 6.45) is 1.30. The maximum Gasteiger partial charge on any atom is 0.246 e. The molecule has 13 heteroatoms. The molecule has 5 aromatic rings. The van der Waals surface area contributed by atoms with Gasteiger partial charge < -0.3 is 19.3 Å². The molecule has 10 nitrogen and oxygen atoms in total. The second kappa shape index (κ2) is 13.7. The van der Waals surface area contributed by atoms with Gasteiger partial charge in [-0.25, -0.2) is 13.8 Å². The minimum Gasteiger partial charge on any atom is -0.490 e. The van der Waals surface area contributed by atoms with Crippen molar-refractivity contribution in [3.05, 3.63) is 83.9 Å². The molecule has 0 saturated carbocycles. The zero-order chi connectivity index (χ0) is 35.1. The summed E-state index contributed by atoms with van der Waals surface area (Å²) in [5.41, 5.74) is 4.23. The maximum atomic E-state index is 16.2. The molecule has 0 unspecified atom stereocenters. The lowest BCUT2D eigenvalue weighted by Crippen LogP contribution is -2.48. The molecule has 0 aliphatic carbocycles. The number of nitrogens with zero attached hydrogens (tertiary/aromatic N) is 6. The van der Waals surface area contributed by atoms with Crippen LogP contribution in [0.5, 0.6) is 5.75 Å². The summed E-state index contributed by atoms with van der Waals surface area (Å²) in [5, 5.41) is 7.60. The number of carbonyl (C=O) groups is 2. The van der Waals surface area contributed by atoms with Crippen molar-refractivity contribution in [1.29, 1.82) is 0 Å². The molecule has 0 bridgehead atoms. The number of benzene rings is 2. The molecule has 2 aliphatic rings. The normalized spacial score (nSPS) is 16.6. The van der Waals surface area contributed by atoms with Gasteiger partial charge in [-0.1, -0.05) is 18.7 Å². The largest absolute Gasteiger partial charge is 0.490 e. The first-order valence-electron chi connectivity index (χ1n) is 16.3. The molecule has 1 saturated heterocycles. The molecule has 5 heterocycles. The average molecular weight is 699 g/mol. The van der Waals surface area contributed by atoms with Crippen LogP contribution < -0.4 is 9.64 Å². The highest BCUT2D eigenvalue weighted by molar-refractivity contribution is 7.18. The number of amides is 2.